The second-order valence-corrected chi connectivity index (χ2v) is 1.08. The molecule has 0 atom stereocenters. The number of hydrogen-bond donors (Lipinski definition) is 1. The maximum atomic E-state index is 7.95. The van der Waals surface area contributed by atoms with Gasteiger partial charge >= 0.3 is 0 Å². The average Bonchev–Trinajstić information content (AvgIpc) is 1.69. The predicted molar refractivity (Wildman–Crippen MR) is 28.7 cm³/mol. The Labute approximate surface area is 43.5 Å². The van der Waals surface area contributed by atoms with Gasteiger partial charge < -0.3 is 5.32 Å². The fourth-order valence-corrected chi connectivity index (χ4v) is 0.230. The van der Waals surface area contributed by atoms with Crippen molar-refractivity contribution in [3.63, 3.8) is 0 Å². The highest BCUT2D eigenvalue weighted by Gasteiger charge is 1.72. The van der Waals surface area contributed by atoms with Crippen LogP contribution in [0.25, 0.3) is 0 Å². The monoisotopic (exact) mass is 96.1 g/mol. The van der Waals surface area contributed by atoms with Crippen LogP contribution in [0.2, 0.25) is 0 Å². The van der Waals surface area contributed by atoms with Crippen molar-refractivity contribution in [1.82, 2.24) is 5.32 Å². The van der Waals surface area contributed by atoms with Crippen molar-refractivity contribution in [2.24, 2.45) is 0 Å². The minimum Gasteiger partial charge on any atom is -0.301 e. The van der Waals surface area contributed by atoms with Crippen LogP contribution in [0, 0.1) is 11.3 Å². The lowest BCUT2D eigenvalue weighted by Crippen LogP contribution is -2.12. The van der Waals surface area contributed by atoms with E-state index in [1.165, 1.54) is 0 Å². The number of nitrogens with one attached hydrogen (secondary N) is 1. The quantitative estimate of drug-likeness (QED) is 0.311. The third-order valence-electron chi connectivity index (χ3n) is 0.493. The molecule has 0 amide bonds. The van der Waals surface area contributed by atoms with Crippen molar-refractivity contribution in [1.29, 1.82) is 5.26 Å². The van der Waals surface area contributed by atoms with E-state index in [4.69, 9.17) is 5.26 Å². The summed E-state index contributed by atoms with van der Waals surface area (Å²) in [5, 5.41) is 10.8. The van der Waals surface area contributed by atoms with E-state index in [1.807, 2.05) is 6.07 Å². The first-order valence-electron chi connectivity index (χ1n) is 2.10. The smallest absolute Gasteiger partial charge is 0.0843 e. The van der Waals surface area contributed by atoms with E-state index in [1.54, 1.807) is 6.08 Å². The highest BCUT2D eigenvalue weighted by atomic mass is 14.8. The molecule has 0 heterocycles. The van der Waals surface area contributed by atoms with Gasteiger partial charge in [-0.2, -0.15) is 5.26 Å². The number of nitriles is 1. The molecule has 7 heavy (non-hydrogen) atoms. The van der Waals surface area contributed by atoms with Crippen LogP contribution in [0.15, 0.2) is 12.7 Å². The Balaban J connectivity index is 2.72. The zero-order valence-corrected chi connectivity index (χ0v) is 4.15. The van der Waals surface area contributed by atoms with E-state index in [2.05, 4.69) is 11.9 Å². The highest BCUT2D eigenvalue weighted by molar-refractivity contribution is 4.77. The second-order valence-electron chi connectivity index (χ2n) is 1.08. The molecule has 0 rings (SSSR count). The largest absolute Gasteiger partial charge is 0.301 e. The Morgan fingerprint density at radius 2 is 2.57 bits per heavy atom. The molecule has 0 bridgehead atoms. The van der Waals surface area contributed by atoms with Gasteiger partial charge in [0.15, 0.2) is 0 Å². The average molecular weight is 96.1 g/mol. The summed E-state index contributed by atoms with van der Waals surface area (Å²) in [6.45, 7) is 4.59. The van der Waals surface area contributed by atoms with Crippen LogP contribution in [0.1, 0.15) is 0 Å². The van der Waals surface area contributed by atoms with Crippen LogP contribution < -0.4 is 5.32 Å². The zero-order valence-electron chi connectivity index (χ0n) is 4.15. The van der Waals surface area contributed by atoms with Crippen molar-refractivity contribution < 1.29 is 0 Å². The molecule has 2 nitrogen and oxygen atoms in total. The fraction of sp³-hybridized carbons (Fsp3) is 0.400. The van der Waals surface area contributed by atoms with Crippen LogP contribution >= 0.6 is 0 Å². The normalized spacial score (nSPS) is 7.29. The van der Waals surface area contributed by atoms with E-state index in [-0.39, 0.29) is 0 Å². The maximum absolute atomic E-state index is 7.95. The minimum atomic E-state index is 0.409. The lowest BCUT2D eigenvalue weighted by Gasteiger charge is -1.86. The SMILES string of the molecule is C=CCNCC#N. The number of rotatable bonds is 3. The Hall–Kier alpha value is -0.810. The van der Waals surface area contributed by atoms with Gasteiger partial charge in [0, 0.05) is 6.54 Å². The van der Waals surface area contributed by atoms with Gasteiger partial charge in [0.25, 0.3) is 0 Å². The van der Waals surface area contributed by atoms with Crippen LogP contribution in [0.4, 0.5) is 0 Å². The van der Waals surface area contributed by atoms with Gasteiger partial charge in [-0.3, -0.25) is 0 Å². The number of hydrogen-bond acceptors (Lipinski definition) is 2. The van der Waals surface area contributed by atoms with Crippen LogP contribution in [-0.2, 0) is 0 Å². The molecule has 0 aliphatic rings. The Morgan fingerprint density at radius 3 is 3.00 bits per heavy atom. The van der Waals surface area contributed by atoms with E-state index < -0.39 is 0 Å². The Morgan fingerprint density at radius 1 is 1.86 bits per heavy atom. The molecule has 0 spiro atoms. The minimum absolute atomic E-state index is 0.409. The summed E-state index contributed by atoms with van der Waals surface area (Å²) in [7, 11) is 0. The van der Waals surface area contributed by atoms with Crippen molar-refractivity contribution in [2.75, 3.05) is 13.1 Å². The second kappa shape index (κ2) is 5.19. The molecular formula is C5H8N2. The van der Waals surface area contributed by atoms with Crippen molar-refractivity contribution in [3.8, 4) is 6.07 Å². The third-order valence-corrected chi connectivity index (χ3v) is 0.493. The molecule has 0 saturated heterocycles. The van der Waals surface area contributed by atoms with Gasteiger partial charge in [-0.05, 0) is 0 Å². The van der Waals surface area contributed by atoms with Gasteiger partial charge in [-0.25, -0.2) is 0 Å². The molecule has 38 valence electrons. The maximum Gasteiger partial charge on any atom is 0.0843 e. The molecular weight excluding hydrogens is 88.1 g/mol. The summed E-state index contributed by atoms with van der Waals surface area (Å²) < 4.78 is 0. The molecule has 0 aromatic heterocycles. The van der Waals surface area contributed by atoms with Gasteiger partial charge in [0.05, 0.1) is 12.6 Å². The summed E-state index contributed by atoms with van der Waals surface area (Å²) in [4.78, 5) is 0. The molecule has 0 unspecified atom stereocenters. The molecule has 0 aromatic rings. The summed E-state index contributed by atoms with van der Waals surface area (Å²) >= 11 is 0. The summed E-state index contributed by atoms with van der Waals surface area (Å²) in [5.41, 5.74) is 0. The van der Waals surface area contributed by atoms with Gasteiger partial charge in [-0.15, -0.1) is 6.58 Å². The van der Waals surface area contributed by atoms with E-state index in [9.17, 15) is 0 Å². The van der Waals surface area contributed by atoms with Crippen molar-refractivity contribution in [3.05, 3.63) is 12.7 Å². The van der Waals surface area contributed by atoms with Gasteiger partial charge in [0.2, 0.25) is 0 Å². The summed E-state index contributed by atoms with van der Waals surface area (Å²) in [6, 6.07) is 1.94. The van der Waals surface area contributed by atoms with Crippen LogP contribution in [0.5, 0.6) is 0 Å². The molecule has 0 saturated carbocycles. The molecule has 0 aliphatic carbocycles. The molecule has 2 heteroatoms. The topological polar surface area (TPSA) is 35.8 Å². The molecule has 0 radical (unpaired) electrons. The molecule has 0 aromatic carbocycles. The molecule has 0 aliphatic heterocycles. The Bertz CT molecular complexity index is 80.6. The van der Waals surface area contributed by atoms with E-state index in [0.29, 0.717) is 13.1 Å². The van der Waals surface area contributed by atoms with Crippen molar-refractivity contribution >= 4 is 0 Å². The highest BCUT2D eigenvalue weighted by Crippen LogP contribution is 1.55. The lowest BCUT2D eigenvalue weighted by atomic mass is 10.6. The predicted octanol–water partition coefficient (Wildman–Crippen LogP) is 0.286. The lowest BCUT2D eigenvalue weighted by molar-refractivity contribution is 0.851. The standard InChI is InChI=1S/C5H8N2/c1-2-4-7-5-3-6/h2,7H,1,4-5H2. The Kier molecular flexibility index (Phi) is 4.59. The third kappa shape index (κ3) is 5.19. The van der Waals surface area contributed by atoms with Crippen LogP contribution in [0.3, 0.4) is 0 Å². The first-order chi connectivity index (χ1) is 3.41. The first-order valence-corrected chi connectivity index (χ1v) is 2.10. The van der Waals surface area contributed by atoms with Crippen molar-refractivity contribution in [2.45, 2.75) is 0 Å². The number of nitrogens with zero attached hydrogens (tertiary/aromatic N) is 1. The molecule has 1 N–H and O–H groups in total. The van der Waals surface area contributed by atoms with Gasteiger partial charge in [0.1, 0.15) is 0 Å². The van der Waals surface area contributed by atoms with Gasteiger partial charge in [-0.1, -0.05) is 6.08 Å². The zero-order chi connectivity index (χ0) is 5.54. The first kappa shape index (κ1) is 6.19. The van der Waals surface area contributed by atoms with E-state index in [0.717, 1.165) is 0 Å². The summed E-state index contributed by atoms with van der Waals surface area (Å²) in [5.74, 6) is 0. The molecule has 0 fully saturated rings. The summed E-state index contributed by atoms with van der Waals surface area (Å²) in [6.07, 6.45) is 1.72. The fourth-order valence-electron chi connectivity index (χ4n) is 0.230. The van der Waals surface area contributed by atoms with Crippen LogP contribution in [-0.4, -0.2) is 13.1 Å². The van der Waals surface area contributed by atoms with E-state index >= 15 is 0 Å².